The van der Waals surface area contributed by atoms with Crippen LogP contribution in [0, 0.1) is 0 Å². The fourth-order valence-electron chi connectivity index (χ4n) is 3.75. The predicted octanol–water partition coefficient (Wildman–Crippen LogP) is 5.97. The quantitative estimate of drug-likeness (QED) is 0.205. The first-order valence-electron chi connectivity index (χ1n) is 11.3. The lowest BCUT2D eigenvalue weighted by molar-refractivity contribution is -0.136. The minimum absolute atomic E-state index is 0.205. The van der Waals surface area contributed by atoms with Crippen LogP contribution in [-0.2, 0) is 17.0 Å². The third-order valence-corrected chi connectivity index (χ3v) is 6.32. The first-order valence-corrected chi connectivity index (χ1v) is 12.1. The molecule has 4 aromatic carbocycles. The lowest BCUT2D eigenvalue weighted by Crippen LogP contribution is -2.43. The van der Waals surface area contributed by atoms with Crippen molar-refractivity contribution < 1.29 is 19.4 Å². The Bertz CT molecular complexity index is 1360. The highest BCUT2D eigenvalue weighted by atomic mass is 35.5. The minimum atomic E-state index is -1.94. The summed E-state index contributed by atoms with van der Waals surface area (Å²) < 4.78 is 11.3. The second-order valence-electron chi connectivity index (χ2n) is 8.06. The van der Waals surface area contributed by atoms with E-state index in [1.807, 2.05) is 30.3 Å². The lowest BCUT2D eigenvalue weighted by Gasteiger charge is -2.27. The Morgan fingerprint density at radius 1 is 0.919 bits per heavy atom. The smallest absolute Gasteiger partial charge is 0.281 e. The molecule has 188 valence electrons. The van der Waals surface area contributed by atoms with Crippen molar-refractivity contribution in [1.82, 2.24) is 5.43 Å². The van der Waals surface area contributed by atoms with Crippen LogP contribution in [0.1, 0.15) is 22.3 Å². The van der Waals surface area contributed by atoms with Gasteiger partial charge in [-0.15, -0.1) is 0 Å². The molecule has 0 atom stereocenters. The Kier molecular flexibility index (Phi) is 8.46. The number of hydrazone groups is 1. The number of aliphatic hydroxyl groups is 1. The van der Waals surface area contributed by atoms with Gasteiger partial charge in [0.25, 0.3) is 5.91 Å². The number of ether oxygens (including phenoxy) is 2. The number of nitrogens with one attached hydrogen (secondary N) is 1. The van der Waals surface area contributed by atoms with E-state index in [1.165, 1.54) is 13.3 Å². The zero-order valence-corrected chi connectivity index (χ0v) is 21.4. The maximum atomic E-state index is 13.2. The first-order chi connectivity index (χ1) is 17.9. The molecule has 0 spiro atoms. The van der Waals surface area contributed by atoms with E-state index < -0.39 is 11.5 Å². The molecule has 0 saturated carbocycles. The Morgan fingerprint density at radius 2 is 1.51 bits per heavy atom. The van der Waals surface area contributed by atoms with Crippen LogP contribution < -0.4 is 14.9 Å². The van der Waals surface area contributed by atoms with E-state index in [-0.39, 0.29) is 6.61 Å². The summed E-state index contributed by atoms with van der Waals surface area (Å²) in [5.41, 5.74) is 2.69. The van der Waals surface area contributed by atoms with Crippen molar-refractivity contribution in [3.8, 4) is 11.5 Å². The van der Waals surface area contributed by atoms with Crippen LogP contribution >= 0.6 is 23.2 Å². The molecule has 4 aromatic rings. The Balaban J connectivity index is 1.53. The molecule has 0 unspecified atom stereocenters. The van der Waals surface area contributed by atoms with Crippen LogP contribution in [0.25, 0.3) is 0 Å². The Morgan fingerprint density at radius 3 is 2.11 bits per heavy atom. The van der Waals surface area contributed by atoms with Gasteiger partial charge in [0.2, 0.25) is 0 Å². The highest BCUT2D eigenvalue weighted by Gasteiger charge is 2.39. The summed E-state index contributed by atoms with van der Waals surface area (Å²) >= 11 is 12.7. The fraction of sp³-hybridized carbons (Fsp3) is 0.103. The van der Waals surface area contributed by atoms with E-state index in [0.717, 1.165) is 5.56 Å². The SMILES string of the molecule is COc1cc(/C=N\NC(=O)C(O)(c2ccccc2)c2ccccc2)cc(Cl)c1OCc1ccccc1Cl. The van der Waals surface area contributed by atoms with Crippen molar-refractivity contribution in [1.29, 1.82) is 0 Å². The molecule has 37 heavy (non-hydrogen) atoms. The number of hydrogen-bond donors (Lipinski definition) is 2. The number of amides is 1. The van der Waals surface area contributed by atoms with Crippen LogP contribution in [0.2, 0.25) is 10.0 Å². The molecule has 0 aliphatic carbocycles. The van der Waals surface area contributed by atoms with E-state index >= 15 is 0 Å². The molecule has 0 bridgehead atoms. The van der Waals surface area contributed by atoms with Gasteiger partial charge < -0.3 is 14.6 Å². The number of methoxy groups -OCH3 is 1. The van der Waals surface area contributed by atoms with Crippen molar-refractivity contribution in [2.45, 2.75) is 12.2 Å². The monoisotopic (exact) mass is 534 g/mol. The van der Waals surface area contributed by atoms with Crippen molar-refractivity contribution in [2.24, 2.45) is 5.10 Å². The third-order valence-electron chi connectivity index (χ3n) is 5.67. The van der Waals surface area contributed by atoms with E-state index in [9.17, 15) is 9.90 Å². The lowest BCUT2D eigenvalue weighted by atomic mass is 9.85. The van der Waals surface area contributed by atoms with Gasteiger partial charge >= 0.3 is 0 Å². The topological polar surface area (TPSA) is 80.2 Å². The number of carbonyl (C=O) groups excluding carboxylic acids is 1. The van der Waals surface area contributed by atoms with Crippen LogP contribution in [0.15, 0.2) is 102 Å². The second kappa shape index (κ2) is 11.9. The minimum Gasteiger partial charge on any atom is -0.493 e. The van der Waals surface area contributed by atoms with Crippen molar-refractivity contribution in [3.05, 3.63) is 129 Å². The van der Waals surface area contributed by atoms with Crippen LogP contribution in [0.5, 0.6) is 11.5 Å². The molecule has 4 rings (SSSR count). The largest absolute Gasteiger partial charge is 0.493 e. The molecule has 0 radical (unpaired) electrons. The number of rotatable bonds is 9. The van der Waals surface area contributed by atoms with Crippen molar-refractivity contribution in [3.63, 3.8) is 0 Å². The van der Waals surface area contributed by atoms with E-state index in [0.29, 0.717) is 38.2 Å². The second-order valence-corrected chi connectivity index (χ2v) is 8.87. The molecule has 1 amide bonds. The zero-order valence-electron chi connectivity index (χ0n) is 19.9. The fourth-order valence-corrected chi connectivity index (χ4v) is 4.22. The van der Waals surface area contributed by atoms with E-state index in [4.69, 9.17) is 32.7 Å². The third kappa shape index (κ3) is 5.94. The molecular weight excluding hydrogens is 511 g/mol. The summed E-state index contributed by atoms with van der Waals surface area (Å²) in [5, 5.41) is 16.4. The van der Waals surface area contributed by atoms with Gasteiger partial charge in [0.1, 0.15) is 6.61 Å². The standard InChI is InChI=1S/C29H24Cl2N2O4/c1-36-26-17-20(16-25(31)27(26)37-19-21-10-8-9-15-24(21)30)18-32-33-28(34)29(35,22-11-4-2-5-12-22)23-13-6-3-7-14-23/h2-18,35H,19H2,1H3,(H,33,34)/b32-18-. The molecule has 0 fully saturated rings. The summed E-state index contributed by atoms with van der Waals surface area (Å²) in [4.78, 5) is 13.2. The zero-order chi connectivity index (χ0) is 26.3. The summed E-state index contributed by atoms with van der Waals surface area (Å²) in [7, 11) is 1.50. The van der Waals surface area contributed by atoms with Gasteiger partial charge in [-0.1, -0.05) is 102 Å². The normalized spacial score (nSPS) is 11.4. The van der Waals surface area contributed by atoms with Gasteiger partial charge in [-0.3, -0.25) is 4.79 Å². The molecule has 6 nitrogen and oxygen atoms in total. The number of nitrogens with zero attached hydrogens (tertiary/aromatic N) is 1. The molecule has 0 aliphatic heterocycles. The summed E-state index contributed by atoms with van der Waals surface area (Å²) in [6.45, 7) is 0.205. The average Bonchev–Trinajstić information content (AvgIpc) is 2.93. The highest BCUT2D eigenvalue weighted by Crippen LogP contribution is 2.37. The Labute approximate surface area is 225 Å². The summed E-state index contributed by atoms with van der Waals surface area (Å²) in [6.07, 6.45) is 1.40. The number of hydrogen-bond acceptors (Lipinski definition) is 5. The van der Waals surface area contributed by atoms with Crippen LogP contribution in [-0.4, -0.2) is 24.3 Å². The Hall–Kier alpha value is -3.84. The molecular formula is C29H24Cl2N2O4. The van der Waals surface area contributed by atoms with Gasteiger partial charge in [-0.25, -0.2) is 5.43 Å². The molecule has 0 aliphatic rings. The van der Waals surface area contributed by atoms with Gasteiger partial charge in [0, 0.05) is 10.6 Å². The number of benzene rings is 4. The molecule has 2 N–H and O–H groups in total. The van der Waals surface area contributed by atoms with E-state index in [1.54, 1.807) is 66.7 Å². The first kappa shape index (κ1) is 26.2. The highest BCUT2D eigenvalue weighted by molar-refractivity contribution is 6.32. The van der Waals surface area contributed by atoms with Crippen molar-refractivity contribution in [2.75, 3.05) is 7.11 Å². The van der Waals surface area contributed by atoms with Crippen LogP contribution in [0.4, 0.5) is 0 Å². The van der Waals surface area contributed by atoms with Gasteiger partial charge in [0.05, 0.1) is 18.3 Å². The number of halogens is 2. The summed E-state index contributed by atoms with van der Waals surface area (Å²) in [6, 6.07) is 28.0. The summed E-state index contributed by atoms with van der Waals surface area (Å²) in [5.74, 6) is 0.0316. The maximum Gasteiger partial charge on any atom is 0.281 e. The molecule has 8 heteroatoms. The van der Waals surface area contributed by atoms with Crippen molar-refractivity contribution >= 4 is 35.3 Å². The maximum absolute atomic E-state index is 13.2. The molecule has 0 saturated heterocycles. The average molecular weight is 535 g/mol. The van der Waals surface area contributed by atoms with Crippen LogP contribution in [0.3, 0.4) is 0 Å². The number of carbonyl (C=O) groups is 1. The van der Waals surface area contributed by atoms with Gasteiger partial charge in [-0.05, 0) is 34.9 Å². The molecule has 0 heterocycles. The van der Waals surface area contributed by atoms with Gasteiger partial charge in [-0.2, -0.15) is 5.10 Å². The van der Waals surface area contributed by atoms with E-state index in [2.05, 4.69) is 10.5 Å². The molecule has 0 aromatic heterocycles. The van der Waals surface area contributed by atoms with Gasteiger partial charge in [0.15, 0.2) is 17.1 Å². The predicted molar refractivity (Wildman–Crippen MR) is 145 cm³/mol.